The van der Waals surface area contributed by atoms with E-state index in [4.69, 9.17) is 19.9 Å². The number of para-hydroxylation sites is 1. The predicted octanol–water partition coefficient (Wildman–Crippen LogP) is 12.7. The van der Waals surface area contributed by atoms with Crippen LogP contribution in [0.3, 0.4) is 0 Å². The van der Waals surface area contributed by atoms with Crippen molar-refractivity contribution in [2.75, 3.05) is 0 Å². The van der Waals surface area contributed by atoms with E-state index in [1.54, 1.807) is 0 Å². The molecule has 0 unspecified atom stereocenters. The summed E-state index contributed by atoms with van der Waals surface area (Å²) in [4.78, 5) is 20.7. The number of nitrogens with zero attached hydrogens (tertiary/aromatic N) is 4. The van der Waals surface area contributed by atoms with E-state index in [9.17, 15) is 0 Å². The summed E-state index contributed by atoms with van der Waals surface area (Å²) in [5.74, 6) is 1.59. The van der Waals surface area contributed by atoms with E-state index in [1.165, 1.54) is 0 Å². The van der Waals surface area contributed by atoms with Gasteiger partial charge in [0.1, 0.15) is 0 Å². The van der Waals surface area contributed by atoms with E-state index in [0.717, 1.165) is 82.1 Å². The Labute approximate surface area is 359 Å². The molecule has 0 aliphatic heterocycles. The largest absolute Gasteiger partial charge is 0.309 e. The Hall–Kier alpha value is -7.85. The fraction of sp³-hybridized carbons (Fsp3) is 0. The Morgan fingerprint density at radius 3 is 1.31 bits per heavy atom. The average molecular weight is 813 g/mol. The number of fused-ring (bicyclic) bond motifs is 5. The maximum absolute atomic E-state index is 16.4. The average Bonchev–Trinajstić information content (AvgIpc) is 3.36. The number of hydrogen-bond donors (Lipinski definition) is 0. The maximum Gasteiger partial charge on any atom is 0.171 e. The van der Waals surface area contributed by atoms with Gasteiger partial charge in [0.25, 0.3) is 0 Å². The third kappa shape index (κ3) is 6.57. The van der Waals surface area contributed by atoms with Gasteiger partial charge in [-0.25, -0.2) is 19.9 Å². The van der Waals surface area contributed by atoms with E-state index >= 15 is 4.57 Å². The Kier molecular flexibility index (Phi) is 9.37. The smallest absolute Gasteiger partial charge is 0.171 e. The van der Waals surface area contributed by atoms with Crippen LogP contribution in [-0.2, 0) is 4.57 Å². The molecule has 5 nitrogen and oxygen atoms in total. The van der Waals surface area contributed by atoms with Gasteiger partial charge in [0, 0.05) is 54.3 Å². The van der Waals surface area contributed by atoms with Gasteiger partial charge < -0.3 is 4.57 Å². The van der Waals surface area contributed by atoms with Crippen molar-refractivity contribution in [2.45, 2.75) is 0 Å². The topological polar surface area (TPSA) is 68.6 Å². The third-order valence-corrected chi connectivity index (χ3v) is 14.6. The molecule has 2 heterocycles. The first-order chi connectivity index (χ1) is 30.6. The van der Waals surface area contributed by atoms with Gasteiger partial charge in [-0.15, -0.1) is 0 Å². The zero-order valence-electron chi connectivity index (χ0n) is 33.5. The van der Waals surface area contributed by atoms with Crippen molar-refractivity contribution in [3.05, 3.63) is 224 Å². The summed E-state index contributed by atoms with van der Waals surface area (Å²) in [7, 11) is -3.49. The van der Waals surface area contributed by atoms with Crippen LogP contribution in [0.5, 0.6) is 0 Å². The van der Waals surface area contributed by atoms with Crippen LogP contribution in [0.15, 0.2) is 224 Å². The summed E-state index contributed by atoms with van der Waals surface area (Å²) in [5.41, 5.74) is 7.21. The molecular weight excluding hydrogens is 776 g/mol. The molecule has 0 atom stereocenters. The summed E-state index contributed by atoms with van der Waals surface area (Å²) in [5, 5.41) is 7.59. The first-order valence-electron chi connectivity index (χ1n) is 20.7. The Balaban J connectivity index is 1.26. The summed E-state index contributed by atoms with van der Waals surface area (Å²) >= 11 is 0. The second-order valence-corrected chi connectivity index (χ2v) is 18.1. The minimum absolute atomic E-state index is 0.483. The number of rotatable bonds is 8. The van der Waals surface area contributed by atoms with Crippen LogP contribution in [0.1, 0.15) is 0 Å². The highest BCUT2D eigenvalue weighted by Crippen LogP contribution is 2.46. The lowest BCUT2D eigenvalue weighted by molar-refractivity contribution is 0.592. The molecule has 0 aliphatic carbocycles. The molecule has 62 heavy (non-hydrogen) atoms. The fourth-order valence-electron chi connectivity index (χ4n) is 8.61. The number of pyridine rings is 1. The van der Waals surface area contributed by atoms with E-state index < -0.39 is 7.14 Å². The van der Waals surface area contributed by atoms with Crippen molar-refractivity contribution < 1.29 is 4.57 Å². The summed E-state index contributed by atoms with van der Waals surface area (Å²) in [6, 6.07) is 75.5. The lowest BCUT2D eigenvalue weighted by atomic mass is 9.89. The van der Waals surface area contributed by atoms with Gasteiger partial charge in [0.2, 0.25) is 0 Å². The zero-order chi connectivity index (χ0) is 41.5. The van der Waals surface area contributed by atoms with Crippen LogP contribution in [-0.4, -0.2) is 19.9 Å². The molecule has 0 radical (unpaired) electrons. The highest BCUT2D eigenvalue weighted by molar-refractivity contribution is 7.85. The van der Waals surface area contributed by atoms with Gasteiger partial charge in [-0.1, -0.05) is 194 Å². The van der Waals surface area contributed by atoms with Gasteiger partial charge in [0.05, 0.1) is 11.2 Å². The number of benzene rings is 9. The molecule has 0 bridgehead atoms. The summed E-state index contributed by atoms with van der Waals surface area (Å²) < 4.78 is 16.4. The van der Waals surface area contributed by atoms with Gasteiger partial charge in [-0.05, 0) is 52.2 Å². The predicted molar refractivity (Wildman–Crippen MR) is 257 cm³/mol. The first-order valence-corrected chi connectivity index (χ1v) is 22.4. The second kappa shape index (κ2) is 15.6. The van der Waals surface area contributed by atoms with Crippen molar-refractivity contribution in [2.24, 2.45) is 0 Å². The van der Waals surface area contributed by atoms with Crippen LogP contribution in [0.25, 0.3) is 89.0 Å². The van der Waals surface area contributed by atoms with Gasteiger partial charge in [0.15, 0.2) is 24.6 Å². The minimum Gasteiger partial charge on any atom is -0.309 e. The van der Waals surface area contributed by atoms with E-state index in [-0.39, 0.29) is 0 Å². The quantitative estimate of drug-likeness (QED) is 0.113. The highest BCUT2D eigenvalue weighted by Gasteiger charge is 2.31. The molecule has 0 saturated heterocycles. The van der Waals surface area contributed by atoms with Crippen LogP contribution >= 0.6 is 7.14 Å². The van der Waals surface area contributed by atoms with E-state index in [2.05, 4.69) is 84.9 Å². The number of hydrogen-bond acceptors (Lipinski definition) is 5. The summed E-state index contributed by atoms with van der Waals surface area (Å²) in [6.07, 6.45) is 0. The fourth-order valence-corrected chi connectivity index (χ4v) is 11.3. The molecular formula is C56H37N4OP. The van der Waals surface area contributed by atoms with Crippen LogP contribution < -0.4 is 15.9 Å². The van der Waals surface area contributed by atoms with Crippen LogP contribution in [0, 0.1) is 0 Å². The Morgan fingerprint density at radius 1 is 0.306 bits per heavy atom. The van der Waals surface area contributed by atoms with Crippen molar-refractivity contribution >= 4 is 55.5 Å². The lowest BCUT2D eigenvalue weighted by Crippen LogP contribution is -2.25. The van der Waals surface area contributed by atoms with Crippen molar-refractivity contribution in [3.8, 4) is 56.5 Å². The molecule has 2 aromatic heterocycles. The molecule has 0 N–H and O–H groups in total. The molecule has 0 amide bonds. The van der Waals surface area contributed by atoms with Crippen LogP contribution in [0.2, 0.25) is 0 Å². The molecule has 11 rings (SSSR count). The standard InChI is InChI=1S/C56H37N4OP/c61-62(43-26-12-4-13-27-43,44-28-14-5-15-29-44)45-35-41(34-42(36-45)56-59-54(39-22-8-2-9-23-39)58-55(60-56)40-24-10-3-11-25-40)49-37-50-52(47-31-17-16-30-46(47)49)48-32-18-19-33-51(48)57-53(50)38-20-6-1-7-21-38/h1-37H. The van der Waals surface area contributed by atoms with Crippen molar-refractivity contribution in [1.29, 1.82) is 0 Å². The Bertz CT molecular complexity index is 3370. The molecule has 0 spiro atoms. The first kappa shape index (κ1) is 37.2. The Morgan fingerprint density at radius 2 is 0.742 bits per heavy atom. The van der Waals surface area contributed by atoms with Gasteiger partial charge in [-0.3, -0.25) is 0 Å². The summed E-state index contributed by atoms with van der Waals surface area (Å²) in [6.45, 7) is 0. The molecule has 0 aliphatic rings. The second-order valence-electron chi connectivity index (χ2n) is 15.3. The SMILES string of the molecule is O=P(c1ccccc1)(c1ccccc1)c1cc(-c2nc(-c3ccccc3)nc(-c3ccccc3)n2)cc(-c2cc3c(-c4ccccc4)nc4ccccc4c3c3ccccc23)c1. The monoisotopic (exact) mass is 812 g/mol. The highest BCUT2D eigenvalue weighted by atomic mass is 31.2. The molecule has 0 fully saturated rings. The van der Waals surface area contributed by atoms with E-state index in [1.807, 2.05) is 140 Å². The molecule has 0 saturated carbocycles. The van der Waals surface area contributed by atoms with Gasteiger partial charge >= 0.3 is 0 Å². The van der Waals surface area contributed by atoms with E-state index in [0.29, 0.717) is 22.8 Å². The maximum atomic E-state index is 16.4. The third-order valence-electron chi connectivity index (χ3n) is 11.5. The normalized spacial score (nSPS) is 11.6. The van der Waals surface area contributed by atoms with Gasteiger partial charge in [-0.2, -0.15) is 0 Å². The molecule has 292 valence electrons. The molecule has 6 heteroatoms. The van der Waals surface area contributed by atoms with Crippen molar-refractivity contribution in [3.63, 3.8) is 0 Å². The van der Waals surface area contributed by atoms with Crippen molar-refractivity contribution in [1.82, 2.24) is 19.9 Å². The minimum atomic E-state index is -3.49. The zero-order valence-corrected chi connectivity index (χ0v) is 34.4. The number of aromatic nitrogens is 4. The molecule has 11 aromatic rings. The molecule has 9 aromatic carbocycles. The lowest BCUT2D eigenvalue weighted by Gasteiger charge is -2.22. The van der Waals surface area contributed by atoms with Crippen LogP contribution in [0.4, 0.5) is 0 Å².